The summed E-state index contributed by atoms with van der Waals surface area (Å²) in [4.78, 5) is 25.4. The lowest BCUT2D eigenvalue weighted by atomic mass is 9.98. The molecule has 1 saturated heterocycles. The van der Waals surface area contributed by atoms with E-state index < -0.39 is 0 Å². The molecule has 1 fully saturated rings. The molecule has 1 aliphatic heterocycles. The summed E-state index contributed by atoms with van der Waals surface area (Å²) >= 11 is 0. The maximum absolute atomic E-state index is 11.9. The van der Waals surface area contributed by atoms with Gasteiger partial charge >= 0.3 is 0 Å². The monoisotopic (exact) mass is 270 g/mol. The predicted octanol–water partition coefficient (Wildman–Crippen LogP) is 0.420. The van der Waals surface area contributed by atoms with Crippen molar-refractivity contribution in [3.8, 4) is 0 Å². The summed E-state index contributed by atoms with van der Waals surface area (Å²) in [5.74, 6) is 0.403. The van der Waals surface area contributed by atoms with E-state index in [2.05, 4.69) is 10.2 Å². The minimum Gasteiger partial charge on any atom is -0.396 e. The molecule has 1 aliphatic rings. The molecule has 0 aromatic heterocycles. The molecule has 5 heteroatoms. The zero-order valence-electron chi connectivity index (χ0n) is 12.2. The van der Waals surface area contributed by atoms with Crippen molar-refractivity contribution in [3.63, 3.8) is 0 Å². The molecule has 110 valence electrons. The van der Waals surface area contributed by atoms with Crippen LogP contribution in [0.3, 0.4) is 0 Å². The first-order valence-electron chi connectivity index (χ1n) is 7.07. The maximum atomic E-state index is 11.9. The Labute approximate surface area is 115 Å². The van der Waals surface area contributed by atoms with Gasteiger partial charge in [0.1, 0.15) is 0 Å². The number of hydrogen-bond donors (Lipinski definition) is 2. The Hall–Kier alpha value is -0.940. The van der Waals surface area contributed by atoms with Crippen LogP contribution in [0.25, 0.3) is 0 Å². The van der Waals surface area contributed by atoms with Crippen LogP contribution in [0.2, 0.25) is 0 Å². The lowest BCUT2D eigenvalue weighted by Gasteiger charge is -2.31. The number of rotatable bonds is 6. The van der Waals surface area contributed by atoms with E-state index in [1.807, 2.05) is 13.8 Å². The highest BCUT2D eigenvalue weighted by Crippen LogP contribution is 2.15. The van der Waals surface area contributed by atoms with Crippen LogP contribution in [0, 0.1) is 11.8 Å². The molecule has 19 heavy (non-hydrogen) atoms. The van der Waals surface area contributed by atoms with Crippen molar-refractivity contribution in [3.05, 3.63) is 0 Å². The van der Waals surface area contributed by atoms with Crippen molar-refractivity contribution in [2.45, 2.75) is 39.7 Å². The van der Waals surface area contributed by atoms with Gasteiger partial charge in [0.15, 0.2) is 5.78 Å². The minimum absolute atomic E-state index is 0.00217. The van der Waals surface area contributed by atoms with Gasteiger partial charge in [-0.3, -0.25) is 14.5 Å². The normalized spacial score (nSPS) is 19.4. The third kappa shape index (κ3) is 5.28. The van der Waals surface area contributed by atoms with E-state index in [0.29, 0.717) is 12.5 Å². The average Bonchev–Trinajstić information content (AvgIpc) is 2.36. The summed E-state index contributed by atoms with van der Waals surface area (Å²) in [6.45, 7) is 7.63. The van der Waals surface area contributed by atoms with Crippen LogP contribution in [0.5, 0.6) is 0 Å². The summed E-state index contributed by atoms with van der Waals surface area (Å²) in [7, 11) is 0. The third-order valence-electron chi connectivity index (χ3n) is 3.75. The molecule has 0 saturated carbocycles. The summed E-state index contributed by atoms with van der Waals surface area (Å²) in [6, 6.07) is -0.387. The number of amides is 1. The fraction of sp³-hybridized carbons (Fsp3) is 0.857. The predicted molar refractivity (Wildman–Crippen MR) is 73.7 cm³/mol. The molecule has 1 unspecified atom stereocenters. The van der Waals surface area contributed by atoms with Crippen molar-refractivity contribution in [2.75, 3.05) is 26.2 Å². The largest absolute Gasteiger partial charge is 0.396 e. The van der Waals surface area contributed by atoms with Gasteiger partial charge in [0.05, 0.1) is 12.6 Å². The zero-order valence-corrected chi connectivity index (χ0v) is 12.2. The first-order valence-corrected chi connectivity index (χ1v) is 7.07. The van der Waals surface area contributed by atoms with E-state index >= 15 is 0 Å². The second-order valence-corrected chi connectivity index (χ2v) is 5.80. The smallest absolute Gasteiger partial charge is 0.234 e. The number of aliphatic hydroxyl groups excluding tert-OH is 1. The lowest BCUT2D eigenvalue weighted by Crippen LogP contribution is -2.48. The van der Waals surface area contributed by atoms with Gasteiger partial charge in [-0.05, 0) is 44.7 Å². The van der Waals surface area contributed by atoms with Gasteiger partial charge in [0, 0.05) is 6.61 Å². The van der Waals surface area contributed by atoms with Crippen molar-refractivity contribution in [1.29, 1.82) is 0 Å². The van der Waals surface area contributed by atoms with Crippen LogP contribution in [0.4, 0.5) is 0 Å². The third-order valence-corrected chi connectivity index (χ3v) is 3.75. The van der Waals surface area contributed by atoms with Crippen LogP contribution < -0.4 is 5.32 Å². The number of nitrogens with zero attached hydrogens (tertiary/aromatic N) is 1. The molecular weight excluding hydrogens is 244 g/mol. The number of ketones is 1. The second kappa shape index (κ2) is 7.60. The molecule has 1 heterocycles. The fourth-order valence-electron chi connectivity index (χ4n) is 2.49. The van der Waals surface area contributed by atoms with Gasteiger partial charge in [0.25, 0.3) is 0 Å². The van der Waals surface area contributed by atoms with Crippen molar-refractivity contribution in [2.24, 2.45) is 11.8 Å². The average molecular weight is 270 g/mol. The van der Waals surface area contributed by atoms with Crippen LogP contribution in [-0.2, 0) is 9.59 Å². The highest BCUT2D eigenvalue weighted by molar-refractivity contribution is 5.88. The number of aliphatic hydroxyl groups is 1. The van der Waals surface area contributed by atoms with E-state index in [1.54, 1.807) is 0 Å². The molecule has 0 radical (unpaired) electrons. The summed E-state index contributed by atoms with van der Waals surface area (Å²) < 4.78 is 0. The van der Waals surface area contributed by atoms with Gasteiger partial charge in [-0.1, -0.05) is 13.8 Å². The van der Waals surface area contributed by atoms with Crippen molar-refractivity contribution < 1.29 is 14.7 Å². The molecular formula is C14H26N2O3. The number of carbonyl (C=O) groups is 2. The Morgan fingerprint density at radius 2 is 1.89 bits per heavy atom. The van der Waals surface area contributed by atoms with Crippen LogP contribution in [0.15, 0.2) is 0 Å². The Kier molecular flexibility index (Phi) is 6.45. The molecule has 0 aromatic carbocycles. The molecule has 1 rings (SSSR count). The highest BCUT2D eigenvalue weighted by Gasteiger charge is 2.23. The number of nitrogens with one attached hydrogen (secondary N) is 1. The Bertz CT molecular complexity index is 310. The number of likely N-dealkylation sites (tertiary alicyclic amines) is 1. The van der Waals surface area contributed by atoms with Crippen LogP contribution >= 0.6 is 0 Å². The summed E-state index contributed by atoms with van der Waals surface area (Å²) in [5.41, 5.74) is 0. The quantitative estimate of drug-likeness (QED) is 0.734. The van der Waals surface area contributed by atoms with Crippen LogP contribution in [0.1, 0.15) is 33.6 Å². The number of piperidine rings is 1. The molecule has 0 aromatic rings. The van der Waals surface area contributed by atoms with Gasteiger partial charge in [-0.25, -0.2) is 0 Å². The number of carbonyl (C=O) groups excluding carboxylic acids is 2. The van der Waals surface area contributed by atoms with E-state index in [-0.39, 0.29) is 30.3 Å². The molecule has 0 aliphatic carbocycles. The lowest BCUT2D eigenvalue weighted by molar-refractivity contribution is -0.128. The summed E-state index contributed by atoms with van der Waals surface area (Å²) in [6.07, 6.45) is 1.87. The minimum atomic E-state index is -0.387. The van der Waals surface area contributed by atoms with Crippen molar-refractivity contribution in [1.82, 2.24) is 10.2 Å². The van der Waals surface area contributed by atoms with Crippen LogP contribution in [-0.4, -0.2) is 54.0 Å². The Balaban J connectivity index is 2.37. The highest BCUT2D eigenvalue weighted by atomic mass is 16.3. The molecule has 1 amide bonds. The fourth-order valence-corrected chi connectivity index (χ4v) is 2.49. The first-order chi connectivity index (χ1) is 8.93. The van der Waals surface area contributed by atoms with E-state index in [9.17, 15) is 9.59 Å². The zero-order chi connectivity index (χ0) is 14.4. The molecule has 5 nitrogen and oxygen atoms in total. The standard InChI is InChI=1S/C14H26N2O3/c1-10(2)14(11(3)18)15-13(19)8-16-6-4-12(9-17)5-7-16/h10,12,14,17H,4-9H2,1-3H3,(H,15,19). The SMILES string of the molecule is CC(=O)C(NC(=O)CN1CCC(CO)CC1)C(C)C. The maximum Gasteiger partial charge on any atom is 0.234 e. The topological polar surface area (TPSA) is 69.6 Å². The van der Waals surface area contributed by atoms with Gasteiger partial charge < -0.3 is 10.4 Å². The van der Waals surface area contributed by atoms with E-state index in [0.717, 1.165) is 25.9 Å². The number of hydrogen-bond acceptors (Lipinski definition) is 4. The van der Waals surface area contributed by atoms with Crippen molar-refractivity contribution >= 4 is 11.7 Å². The van der Waals surface area contributed by atoms with Gasteiger partial charge in [-0.2, -0.15) is 0 Å². The number of Topliss-reactive ketones (excluding diaryl/α,β-unsaturated/α-hetero) is 1. The van der Waals surface area contributed by atoms with E-state index in [1.165, 1.54) is 6.92 Å². The molecule has 0 bridgehead atoms. The second-order valence-electron chi connectivity index (χ2n) is 5.80. The first kappa shape index (κ1) is 16.1. The Morgan fingerprint density at radius 1 is 1.32 bits per heavy atom. The Morgan fingerprint density at radius 3 is 2.32 bits per heavy atom. The molecule has 2 N–H and O–H groups in total. The van der Waals surface area contributed by atoms with E-state index in [4.69, 9.17) is 5.11 Å². The summed E-state index contributed by atoms with van der Waals surface area (Å²) in [5, 5.41) is 11.9. The van der Waals surface area contributed by atoms with Gasteiger partial charge in [0.2, 0.25) is 5.91 Å². The van der Waals surface area contributed by atoms with Gasteiger partial charge in [-0.15, -0.1) is 0 Å². The molecule has 1 atom stereocenters. The molecule has 0 spiro atoms.